The number of fused-ring (bicyclic) bond motifs is 1. The number of anilines is 1. The lowest BCUT2D eigenvalue weighted by atomic mass is 10.2. The van der Waals surface area contributed by atoms with Crippen molar-refractivity contribution in [2.45, 2.75) is 24.0 Å². The Morgan fingerprint density at radius 2 is 1.85 bits per heavy atom. The van der Waals surface area contributed by atoms with Crippen molar-refractivity contribution in [1.29, 1.82) is 0 Å². The maximum Gasteiger partial charge on any atom is 0.422 e. The molecule has 0 saturated carbocycles. The predicted octanol–water partition coefficient (Wildman–Crippen LogP) is 4.40. The number of alkyl halides is 3. The van der Waals surface area contributed by atoms with E-state index in [0.29, 0.717) is 16.7 Å². The van der Waals surface area contributed by atoms with Crippen LogP contribution in [0.3, 0.4) is 0 Å². The average molecular weight is 559 g/mol. The van der Waals surface area contributed by atoms with Gasteiger partial charge < -0.3 is 15.0 Å². The number of benzene rings is 2. The first-order chi connectivity index (χ1) is 18.5. The van der Waals surface area contributed by atoms with E-state index in [1.165, 1.54) is 40.8 Å². The summed E-state index contributed by atoms with van der Waals surface area (Å²) >= 11 is -1.94. The van der Waals surface area contributed by atoms with Crippen LogP contribution in [0, 0.1) is 13.8 Å². The number of primary amides is 1. The minimum atomic E-state index is -4.52. The highest BCUT2D eigenvalue weighted by Crippen LogP contribution is 2.28. The van der Waals surface area contributed by atoms with Gasteiger partial charge in [-0.05, 0) is 56.3 Å². The van der Waals surface area contributed by atoms with Gasteiger partial charge in [-0.2, -0.15) is 18.2 Å². The van der Waals surface area contributed by atoms with Crippen LogP contribution in [0.15, 0.2) is 66.0 Å². The predicted molar refractivity (Wildman–Crippen MR) is 139 cm³/mol. The number of carbonyl (C=O) groups excluding carboxylic acids is 2. The third kappa shape index (κ3) is 6.15. The lowest BCUT2D eigenvalue weighted by molar-refractivity contribution is -0.153. The number of ether oxygens (including phenoxy) is 1. The average Bonchev–Trinajstić information content (AvgIpc) is 3.29. The van der Waals surface area contributed by atoms with Crippen LogP contribution >= 0.6 is 0 Å². The zero-order valence-electron chi connectivity index (χ0n) is 20.6. The highest BCUT2D eigenvalue weighted by Gasteiger charge is 2.31. The fraction of sp³-hybridized carbons (Fsp3) is 0.192. The molecule has 2 amide bonds. The van der Waals surface area contributed by atoms with Gasteiger partial charge in [0.1, 0.15) is 5.75 Å². The molecule has 0 saturated heterocycles. The van der Waals surface area contributed by atoms with E-state index in [4.69, 9.17) is 10.5 Å². The second-order valence-corrected chi connectivity index (χ2v) is 9.68. The molecule has 0 aliphatic rings. The first-order valence-corrected chi connectivity index (χ1v) is 12.8. The monoisotopic (exact) mass is 558 g/mol. The van der Waals surface area contributed by atoms with E-state index in [-0.39, 0.29) is 40.0 Å². The molecule has 0 bridgehead atoms. The Hall–Kier alpha value is -4.10. The van der Waals surface area contributed by atoms with Crippen molar-refractivity contribution in [3.05, 3.63) is 84.5 Å². The van der Waals surface area contributed by atoms with Crippen molar-refractivity contribution < 1.29 is 32.0 Å². The van der Waals surface area contributed by atoms with Crippen molar-refractivity contribution in [3.8, 4) is 5.75 Å². The van der Waals surface area contributed by atoms with Crippen LogP contribution in [-0.4, -0.2) is 50.4 Å². The molecule has 0 aliphatic carbocycles. The van der Waals surface area contributed by atoms with Crippen molar-refractivity contribution in [1.82, 2.24) is 14.5 Å². The first kappa shape index (κ1) is 27.9. The molecule has 2 aromatic heterocycles. The van der Waals surface area contributed by atoms with Crippen LogP contribution < -0.4 is 15.4 Å². The summed E-state index contributed by atoms with van der Waals surface area (Å²) in [7, 11) is 0. The highest BCUT2D eigenvalue weighted by atomic mass is 32.2. The van der Waals surface area contributed by atoms with E-state index in [0.717, 1.165) is 0 Å². The fourth-order valence-electron chi connectivity index (χ4n) is 3.81. The molecular formula is C26H23F3N5O4S. The Kier molecular flexibility index (Phi) is 8.11. The third-order valence-corrected chi connectivity index (χ3v) is 6.98. The minimum Gasteiger partial charge on any atom is -0.609 e. The minimum absolute atomic E-state index is 0.00735. The van der Waals surface area contributed by atoms with Crippen molar-refractivity contribution in [2.24, 2.45) is 5.73 Å². The molecule has 13 heteroatoms. The van der Waals surface area contributed by atoms with Crippen molar-refractivity contribution in [3.63, 3.8) is 0 Å². The summed E-state index contributed by atoms with van der Waals surface area (Å²) in [5.41, 5.74) is 7.31. The SMILES string of the molecule is [CH2]CN(C(=O)n1c([S+]([O-])Cc2nccc(OCC(F)(F)F)c2C)nc2ccccc21)c1ccc(C(N)=O)cc1. The van der Waals surface area contributed by atoms with Crippen LogP contribution in [0.1, 0.15) is 21.6 Å². The number of nitrogens with zero attached hydrogens (tertiary/aromatic N) is 4. The smallest absolute Gasteiger partial charge is 0.422 e. The summed E-state index contributed by atoms with van der Waals surface area (Å²) in [5, 5.41) is -0.0729. The number of rotatable bonds is 8. The summed E-state index contributed by atoms with van der Waals surface area (Å²) in [6, 6.07) is 13.4. The topological polar surface area (TPSA) is 126 Å². The van der Waals surface area contributed by atoms with E-state index in [2.05, 4.69) is 16.9 Å². The summed E-state index contributed by atoms with van der Waals surface area (Å²) in [4.78, 5) is 35.1. The molecule has 1 unspecified atom stereocenters. The molecule has 2 heterocycles. The second-order valence-electron chi connectivity index (χ2n) is 8.34. The van der Waals surface area contributed by atoms with Gasteiger partial charge in [0, 0.05) is 40.7 Å². The van der Waals surface area contributed by atoms with Gasteiger partial charge in [0.05, 0.1) is 16.7 Å². The molecule has 1 atom stereocenters. The molecule has 203 valence electrons. The van der Waals surface area contributed by atoms with Crippen molar-refractivity contribution >= 4 is 39.8 Å². The zero-order chi connectivity index (χ0) is 28.3. The van der Waals surface area contributed by atoms with Crippen LogP contribution in [0.4, 0.5) is 23.7 Å². The van der Waals surface area contributed by atoms with Crippen LogP contribution in [0.2, 0.25) is 0 Å². The number of hydrogen-bond donors (Lipinski definition) is 1. The maximum absolute atomic E-state index is 13.8. The Morgan fingerprint density at radius 3 is 2.49 bits per heavy atom. The lowest BCUT2D eigenvalue weighted by Gasteiger charge is -2.22. The molecule has 2 N–H and O–H groups in total. The molecule has 39 heavy (non-hydrogen) atoms. The van der Waals surface area contributed by atoms with Crippen LogP contribution in [-0.2, 0) is 16.9 Å². The summed E-state index contributed by atoms with van der Waals surface area (Å²) in [6.07, 6.45) is -3.26. The van der Waals surface area contributed by atoms with Gasteiger partial charge in [-0.25, -0.2) is 9.36 Å². The lowest BCUT2D eigenvalue weighted by Crippen LogP contribution is -2.36. The number of nitrogens with two attached hydrogens (primary N) is 1. The van der Waals surface area contributed by atoms with Gasteiger partial charge in [-0.1, -0.05) is 12.1 Å². The number of carbonyl (C=O) groups is 2. The zero-order valence-corrected chi connectivity index (χ0v) is 21.5. The maximum atomic E-state index is 13.8. The summed E-state index contributed by atoms with van der Waals surface area (Å²) < 4.78 is 57.6. The molecule has 2 aromatic carbocycles. The molecule has 4 aromatic rings. The van der Waals surface area contributed by atoms with E-state index in [1.54, 1.807) is 36.4 Å². The van der Waals surface area contributed by atoms with Gasteiger partial charge in [0.15, 0.2) is 12.4 Å². The molecule has 0 aliphatic heterocycles. The Morgan fingerprint density at radius 1 is 1.15 bits per heavy atom. The van der Waals surface area contributed by atoms with Gasteiger partial charge in [0.25, 0.3) is 0 Å². The molecular weight excluding hydrogens is 535 g/mol. The Bertz CT molecular complexity index is 1510. The number of imidazole rings is 1. The van der Waals surface area contributed by atoms with Crippen molar-refractivity contribution in [2.75, 3.05) is 18.1 Å². The third-order valence-electron chi connectivity index (χ3n) is 5.76. The number of para-hydroxylation sites is 2. The second kappa shape index (κ2) is 11.3. The number of halogens is 3. The van der Waals surface area contributed by atoms with E-state index in [9.17, 15) is 27.3 Å². The van der Waals surface area contributed by atoms with Crippen LogP contribution in [0.5, 0.6) is 5.75 Å². The highest BCUT2D eigenvalue weighted by molar-refractivity contribution is 7.90. The van der Waals surface area contributed by atoms with Gasteiger partial charge in [-0.3, -0.25) is 14.7 Å². The van der Waals surface area contributed by atoms with E-state index >= 15 is 0 Å². The Labute approximate surface area is 224 Å². The molecule has 0 spiro atoms. The number of aromatic nitrogens is 3. The van der Waals surface area contributed by atoms with Crippen LogP contribution in [0.25, 0.3) is 11.0 Å². The first-order valence-electron chi connectivity index (χ1n) is 11.5. The van der Waals surface area contributed by atoms with E-state index in [1.807, 2.05) is 0 Å². The number of pyridine rings is 1. The molecule has 0 fully saturated rings. The van der Waals surface area contributed by atoms with Gasteiger partial charge >= 0.3 is 17.4 Å². The summed E-state index contributed by atoms with van der Waals surface area (Å²) in [5.74, 6) is -0.894. The summed E-state index contributed by atoms with van der Waals surface area (Å²) in [6.45, 7) is 3.86. The van der Waals surface area contributed by atoms with Gasteiger partial charge in [-0.15, -0.1) is 0 Å². The largest absolute Gasteiger partial charge is 0.609 e. The number of amides is 2. The number of hydrogen-bond acceptors (Lipinski definition) is 6. The molecule has 1 radical (unpaired) electrons. The van der Waals surface area contributed by atoms with Gasteiger partial charge in [0.2, 0.25) is 5.91 Å². The quantitative estimate of drug-likeness (QED) is 0.320. The molecule has 9 nitrogen and oxygen atoms in total. The Balaban J connectivity index is 1.69. The normalized spacial score (nSPS) is 12.4. The fourth-order valence-corrected chi connectivity index (χ4v) is 5.06. The van der Waals surface area contributed by atoms with E-state index < -0.39 is 35.9 Å². The molecule has 4 rings (SSSR count). The standard InChI is InChI=1S/C26H23F3N5O4S/c1-3-33(18-10-8-17(9-11-18)23(30)35)25(36)34-21-7-5-4-6-19(21)32-24(34)39(37)14-20-16(2)22(12-13-31-20)38-15-26(27,28)29/h4-13H,1,3,14-15H2,2H3,(H2,30,35).